The summed E-state index contributed by atoms with van der Waals surface area (Å²) in [5.74, 6) is 0.892. The van der Waals surface area contributed by atoms with Crippen molar-refractivity contribution < 1.29 is 4.79 Å². The Hall–Kier alpha value is -2.09. The molecule has 5 nitrogen and oxygen atoms in total. The van der Waals surface area contributed by atoms with E-state index in [-0.39, 0.29) is 11.9 Å². The molecule has 18 heavy (non-hydrogen) atoms. The Morgan fingerprint density at radius 1 is 1.72 bits per heavy atom. The van der Waals surface area contributed by atoms with Crippen LogP contribution in [0.15, 0.2) is 18.3 Å². The molecule has 1 aromatic rings. The first kappa shape index (κ1) is 12.4. The van der Waals surface area contributed by atoms with Crippen LogP contribution >= 0.6 is 0 Å². The summed E-state index contributed by atoms with van der Waals surface area (Å²) in [6.45, 7) is 3.38. The minimum Gasteiger partial charge on any atom is -0.365 e. The quantitative estimate of drug-likeness (QED) is 0.872. The van der Waals surface area contributed by atoms with E-state index in [1.807, 2.05) is 11.8 Å². The van der Waals surface area contributed by atoms with Gasteiger partial charge in [-0.05, 0) is 18.6 Å². The molecule has 1 aliphatic heterocycles. The summed E-state index contributed by atoms with van der Waals surface area (Å²) >= 11 is 0. The fourth-order valence-corrected chi connectivity index (χ4v) is 2.12. The lowest BCUT2D eigenvalue weighted by Crippen LogP contribution is -2.31. The van der Waals surface area contributed by atoms with Gasteiger partial charge in [0.1, 0.15) is 5.82 Å². The van der Waals surface area contributed by atoms with Crippen LogP contribution in [0, 0.1) is 11.3 Å². The number of hydrogen-bond acceptors (Lipinski definition) is 4. The maximum Gasteiger partial charge on any atom is 0.222 e. The molecule has 2 rings (SSSR count). The maximum absolute atomic E-state index is 11.6. The molecule has 1 saturated heterocycles. The molecule has 0 spiro atoms. The van der Waals surface area contributed by atoms with Crippen molar-refractivity contribution in [3.05, 3.63) is 23.9 Å². The Labute approximate surface area is 106 Å². The van der Waals surface area contributed by atoms with E-state index in [4.69, 9.17) is 5.26 Å². The van der Waals surface area contributed by atoms with Gasteiger partial charge in [-0.2, -0.15) is 5.26 Å². The van der Waals surface area contributed by atoms with Crippen molar-refractivity contribution >= 4 is 11.7 Å². The smallest absolute Gasteiger partial charge is 0.222 e. The Balaban J connectivity index is 1.95. The van der Waals surface area contributed by atoms with E-state index in [0.29, 0.717) is 24.3 Å². The number of aromatic nitrogens is 1. The topological polar surface area (TPSA) is 69.0 Å². The molecular weight excluding hydrogens is 228 g/mol. The van der Waals surface area contributed by atoms with Gasteiger partial charge in [-0.3, -0.25) is 4.79 Å². The number of anilines is 1. The van der Waals surface area contributed by atoms with Crippen LogP contribution < -0.4 is 5.32 Å². The van der Waals surface area contributed by atoms with Crippen molar-refractivity contribution in [3.8, 4) is 6.07 Å². The number of pyridine rings is 1. The monoisotopic (exact) mass is 244 g/mol. The molecule has 94 valence electrons. The minimum absolute atomic E-state index is 0.193. The van der Waals surface area contributed by atoms with E-state index in [2.05, 4.69) is 16.4 Å². The zero-order chi connectivity index (χ0) is 13.0. The van der Waals surface area contributed by atoms with E-state index in [1.165, 1.54) is 0 Å². The molecule has 1 N–H and O–H groups in total. The van der Waals surface area contributed by atoms with Crippen molar-refractivity contribution in [1.82, 2.24) is 9.88 Å². The zero-order valence-electron chi connectivity index (χ0n) is 10.4. The Morgan fingerprint density at radius 2 is 2.56 bits per heavy atom. The lowest BCUT2D eigenvalue weighted by molar-refractivity contribution is -0.129. The van der Waals surface area contributed by atoms with Crippen LogP contribution in [-0.4, -0.2) is 34.9 Å². The first-order valence-corrected chi connectivity index (χ1v) is 6.13. The summed E-state index contributed by atoms with van der Waals surface area (Å²) in [4.78, 5) is 17.6. The highest BCUT2D eigenvalue weighted by molar-refractivity contribution is 5.76. The lowest BCUT2D eigenvalue weighted by Gasteiger charge is -2.16. The highest BCUT2D eigenvalue weighted by Crippen LogP contribution is 2.15. The maximum atomic E-state index is 11.6. The van der Waals surface area contributed by atoms with E-state index < -0.39 is 0 Å². The van der Waals surface area contributed by atoms with Gasteiger partial charge in [0.05, 0.1) is 11.6 Å². The fourth-order valence-electron chi connectivity index (χ4n) is 2.12. The predicted molar refractivity (Wildman–Crippen MR) is 67.9 cm³/mol. The summed E-state index contributed by atoms with van der Waals surface area (Å²) in [5.41, 5.74) is 0.590. The molecule has 5 heteroatoms. The summed E-state index contributed by atoms with van der Waals surface area (Å²) in [6, 6.07) is 5.71. The Bertz CT molecular complexity index is 480. The molecule has 1 aromatic heterocycles. The third-order valence-electron chi connectivity index (χ3n) is 3.08. The number of amides is 1. The zero-order valence-corrected chi connectivity index (χ0v) is 10.4. The van der Waals surface area contributed by atoms with Gasteiger partial charge in [0, 0.05) is 31.7 Å². The second-order valence-corrected chi connectivity index (χ2v) is 4.36. The average molecular weight is 244 g/mol. The van der Waals surface area contributed by atoms with Gasteiger partial charge in [-0.25, -0.2) is 4.98 Å². The number of carbonyl (C=O) groups excluding carboxylic acids is 1. The molecule has 1 aliphatic rings. The lowest BCUT2D eigenvalue weighted by atomic mass is 10.2. The standard InChI is InChI=1S/C13H16N4O/c1-2-13(18)17-6-4-11(9-17)16-12-7-10(8-14)3-5-15-12/h3,5,7,11H,2,4,6,9H2,1H3,(H,15,16). The van der Waals surface area contributed by atoms with E-state index in [9.17, 15) is 4.79 Å². The normalized spacial score (nSPS) is 18.4. The van der Waals surface area contributed by atoms with Crippen molar-refractivity contribution in [3.63, 3.8) is 0 Å². The van der Waals surface area contributed by atoms with Crippen LogP contribution in [0.3, 0.4) is 0 Å². The number of carbonyl (C=O) groups is 1. The summed E-state index contributed by atoms with van der Waals surface area (Å²) in [6.07, 6.45) is 3.09. The molecule has 0 bridgehead atoms. The SMILES string of the molecule is CCC(=O)N1CCC(Nc2cc(C#N)ccn2)C1. The molecular formula is C13H16N4O. The van der Waals surface area contributed by atoms with Gasteiger partial charge in [0.25, 0.3) is 0 Å². The van der Waals surface area contributed by atoms with Gasteiger partial charge in [0.2, 0.25) is 5.91 Å². The summed E-state index contributed by atoms with van der Waals surface area (Å²) in [5, 5.41) is 12.1. The molecule has 1 atom stereocenters. The molecule has 1 fully saturated rings. The number of nitrogens with one attached hydrogen (secondary N) is 1. The van der Waals surface area contributed by atoms with E-state index in [1.54, 1.807) is 18.3 Å². The van der Waals surface area contributed by atoms with Crippen LogP contribution in [0.25, 0.3) is 0 Å². The highest BCUT2D eigenvalue weighted by Gasteiger charge is 2.25. The van der Waals surface area contributed by atoms with Crippen molar-refractivity contribution in [1.29, 1.82) is 5.26 Å². The van der Waals surface area contributed by atoms with Crippen LogP contribution in [0.4, 0.5) is 5.82 Å². The second kappa shape index (κ2) is 5.50. The molecule has 1 amide bonds. The largest absolute Gasteiger partial charge is 0.365 e. The number of rotatable bonds is 3. The number of hydrogen-bond donors (Lipinski definition) is 1. The Kier molecular flexibility index (Phi) is 3.78. The summed E-state index contributed by atoms with van der Waals surface area (Å²) in [7, 11) is 0. The van der Waals surface area contributed by atoms with Gasteiger partial charge >= 0.3 is 0 Å². The van der Waals surface area contributed by atoms with Crippen LogP contribution in [-0.2, 0) is 4.79 Å². The van der Waals surface area contributed by atoms with Crippen LogP contribution in [0.5, 0.6) is 0 Å². The van der Waals surface area contributed by atoms with E-state index >= 15 is 0 Å². The number of nitrogens with zero attached hydrogens (tertiary/aromatic N) is 3. The third-order valence-corrected chi connectivity index (χ3v) is 3.08. The molecule has 0 aliphatic carbocycles. The van der Waals surface area contributed by atoms with Crippen molar-refractivity contribution in [2.45, 2.75) is 25.8 Å². The molecule has 0 aromatic carbocycles. The van der Waals surface area contributed by atoms with Gasteiger partial charge in [0.15, 0.2) is 0 Å². The minimum atomic E-state index is 0.193. The first-order valence-electron chi connectivity index (χ1n) is 6.13. The van der Waals surface area contributed by atoms with Crippen molar-refractivity contribution in [2.24, 2.45) is 0 Å². The number of likely N-dealkylation sites (tertiary alicyclic amines) is 1. The molecule has 0 radical (unpaired) electrons. The van der Waals surface area contributed by atoms with E-state index in [0.717, 1.165) is 13.0 Å². The number of nitriles is 1. The van der Waals surface area contributed by atoms with Gasteiger partial charge < -0.3 is 10.2 Å². The predicted octanol–water partition coefficient (Wildman–Crippen LogP) is 1.38. The molecule has 1 unspecified atom stereocenters. The Morgan fingerprint density at radius 3 is 3.28 bits per heavy atom. The molecule has 0 saturated carbocycles. The second-order valence-electron chi connectivity index (χ2n) is 4.36. The van der Waals surface area contributed by atoms with Gasteiger partial charge in [-0.15, -0.1) is 0 Å². The van der Waals surface area contributed by atoms with Crippen molar-refractivity contribution in [2.75, 3.05) is 18.4 Å². The van der Waals surface area contributed by atoms with Gasteiger partial charge in [-0.1, -0.05) is 6.92 Å². The average Bonchev–Trinajstić information content (AvgIpc) is 2.86. The summed E-state index contributed by atoms with van der Waals surface area (Å²) < 4.78 is 0. The molecule has 2 heterocycles. The highest BCUT2D eigenvalue weighted by atomic mass is 16.2. The first-order chi connectivity index (χ1) is 8.72. The van der Waals surface area contributed by atoms with Crippen LogP contribution in [0.1, 0.15) is 25.3 Å². The van der Waals surface area contributed by atoms with Crippen LogP contribution in [0.2, 0.25) is 0 Å². The fraction of sp³-hybridized carbons (Fsp3) is 0.462. The third kappa shape index (κ3) is 2.77.